The number of hydroxylamine groups is 2. The van der Waals surface area contributed by atoms with Crippen molar-refractivity contribution in [1.82, 2.24) is 5.06 Å². The van der Waals surface area contributed by atoms with Crippen LogP contribution in [0.4, 0.5) is 10.5 Å². The number of hydrogen-bond acceptors (Lipinski definition) is 6. The van der Waals surface area contributed by atoms with Crippen LogP contribution in [0, 0.1) is 0 Å². The van der Waals surface area contributed by atoms with Gasteiger partial charge in [-0.15, -0.1) is 5.06 Å². The fraction of sp³-hybridized carbons (Fsp3) is 0.222. The maximum atomic E-state index is 12.9. The standard InChI is InChI=1S/C18H16N2O5/c1-2-23-18(22)25-20-16-13-8-4-6-10-15(13)24-11-19(16)14-9-5-3-7-12(14)17(20)21/h3-10,16H,2,11H2,1H3. The highest BCUT2D eigenvalue weighted by Gasteiger charge is 2.44. The number of rotatable bonds is 2. The van der Waals surface area contributed by atoms with Crippen molar-refractivity contribution in [3.05, 3.63) is 59.7 Å². The second-order valence-electron chi connectivity index (χ2n) is 5.58. The molecule has 2 aromatic rings. The summed E-state index contributed by atoms with van der Waals surface area (Å²) in [7, 11) is 0. The largest absolute Gasteiger partial charge is 0.533 e. The number of carbonyl (C=O) groups is 2. The van der Waals surface area contributed by atoms with Crippen LogP contribution in [0.15, 0.2) is 48.5 Å². The van der Waals surface area contributed by atoms with Crippen LogP contribution < -0.4 is 9.64 Å². The van der Waals surface area contributed by atoms with E-state index in [4.69, 9.17) is 14.3 Å². The molecule has 7 heteroatoms. The summed E-state index contributed by atoms with van der Waals surface area (Å²) in [4.78, 5) is 31.9. The third-order valence-electron chi connectivity index (χ3n) is 4.15. The molecule has 0 saturated heterocycles. The quantitative estimate of drug-likeness (QED) is 0.783. The van der Waals surface area contributed by atoms with Crippen molar-refractivity contribution in [3.8, 4) is 5.75 Å². The highest BCUT2D eigenvalue weighted by molar-refractivity contribution is 6.02. The Morgan fingerprint density at radius 2 is 1.96 bits per heavy atom. The Balaban J connectivity index is 1.82. The third kappa shape index (κ3) is 2.44. The topological polar surface area (TPSA) is 68.3 Å². The molecule has 0 aromatic heterocycles. The van der Waals surface area contributed by atoms with Crippen molar-refractivity contribution in [1.29, 1.82) is 0 Å². The van der Waals surface area contributed by atoms with E-state index >= 15 is 0 Å². The second kappa shape index (κ2) is 6.01. The molecule has 25 heavy (non-hydrogen) atoms. The monoisotopic (exact) mass is 340 g/mol. The molecule has 4 rings (SSSR count). The number of benzene rings is 2. The van der Waals surface area contributed by atoms with Gasteiger partial charge >= 0.3 is 6.16 Å². The molecule has 7 nitrogen and oxygen atoms in total. The molecular weight excluding hydrogens is 324 g/mol. The Labute approximate surface area is 144 Å². The zero-order valence-corrected chi connectivity index (χ0v) is 13.5. The van der Waals surface area contributed by atoms with Gasteiger partial charge in [-0.05, 0) is 25.1 Å². The molecule has 0 saturated carbocycles. The predicted molar refractivity (Wildman–Crippen MR) is 87.9 cm³/mol. The lowest BCUT2D eigenvalue weighted by atomic mass is 10.0. The van der Waals surface area contributed by atoms with Crippen LogP contribution in [0.5, 0.6) is 5.75 Å². The van der Waals surface area contributed by atoms with E-state index in [0.29, 0.717) is 11.3 Å². The number of amides is 1. The first-order valence-electron chi connectivity index (χ1n) is 7.96. The average molecular weight is 340 g/mol. The average Bonchev–Trinajstić information content (AvgIpc) is 2.64. The van der Waals surface area contributed by atoms with Gasteiger partial charge in [0.05, 0.1) is 17.9 Å². The highest BCUT2D eigenvalue weighted by atomic mass is 16.8. The molecule has 0 bridgehead atoms. The lowest BCUT2D eigenvalue weighted by Gasteiger charge is -2.45. The van der Waals surface area contributed by atoms with Crippen molar-refractivity contribution in [3.63, 3.8) is 0 Å². The fourth-order valence-corrected chi connectivity index (χ4v) is 3.11. The summed E-state index contributed by atoms with van der Waals surface area (Å²) >= 11 is 0. The van der Waals surface area contributed by atoms with Gasteiger partial charge in [-0.1, -0.05) is 30.3 Å². The minimum absolute atomic E-state index is 0.158. The van der Waals surface area contributed by atoms with Gasteiger partial charge in [-0.3, -0.25) is 4.79 Å². The SMILES string of the molecule is CCOC(=O)ON1C(=O)c2ccccc2N2COc3ccccc3C12. The molecule has 1 unspecified atom stereocenters. The van der Waals surface area contributed by atoms with Gasteiger partial charge in [-0.2, -0.15) is 0 Å². The first-order chi connectivity index (χ1) is 12.2. The Bertz CT molecular complexity index is 838. The van der Waals surface area contributed by atoms with Gasteiger partial charge in [-0.25, -0.2) is 4.79 Å². The zero-order valence-electron chi connectivity index (χ0n) is 13.5. The van der Waals surface area contributed by atoms with E-state index in [-0.39, 0.29) is 13.3 Å². The summed E-state index contributed by atoms with van der Waals surface area (Å²) in [5, 5.41) is 1.06. The summed E-state index contributed by atoms with van der Waals surface area (Å²) in [5.41, 5.74) is 1.91. The molecule has 1 atom stereocenters. The molecule has 0 spiro atoms. The fourth-order valence-electron chi connectivity index (χ4n) is 3.11. The van der Waals surface area contributed by atoms with Gasteiger partial charge in [0, 0.05) is 5.56 Å². The number of carbonyl (C=O) groups excluding carboxylic acids is 2. The van der Waals surface area contributed by atoms with Gasteiger partial charge in [0.15, 0.2) is 12.9 Å². The molecule has 128 valence electrons. The molecule has 0 aliphatic carbocycles. The first kappa shape index (κ1) is 15.3. The zero-order chi connectivity index (χ0) is 17.4. The molecule has 2 aromatic carbocycles. The van der Waals surface area contributed by atoms with Gasteiger partial charge in [0.25, 0.3) is 5.91 Å². The molecule has 0 radical (unpaired) electrons. The third-order valence-corrected chi connectivity index (χ3v) is 4.15. The summed E-state index contributed by atoms with van der Waals surface area (Å²) in [6.07, 6.45) is -1.53. The highest BCUT2D eigenvalue weighted by Crippen LogP contribution is 2.44. The maximum absolute atomic E-state index is 12.9. The van der Waals surface area contributed by atoms with Crippen LogP contribution in [-0.2, 0) is 9.57 Å². The summed E-state index contributed by atoms with van der Waals surface area (Å²) in [6.45, 7) is 2.06. The van der Waals surface area contributed by atoms with Crippen LogP contribution in [0.3, 0.4) is 0 Å². The van der Waals surface area contributed by atoms with E-state index in [9.17, 15) is 9.59 Å². The van der Waals surface area contributed by atoms with Crippen molar-refractivity contribution in [2.45, 2.75) is 13.1 Å². The van der Waals surface area contributed by atoms with Crippen LogP contribution in [-0.4, -0.2) is 30.5 Å². The molecule has 0 fully saturated rings. The van der Waals surface area contributed by atoms with Crippen LogP contribution in [0.2, 0.25) is 0 Å². The predicted octanol–water partition coefficient (Wildman–Crippen LogP) is 3.09. The lowest BCUT2D eigenvalue weighted by molar-refractivity contribution is -0.129. The van der Waals surface area contributed by atoms with Gasteiger partial charge in [0.1, 0.15) is 5.75 Å². The molecule has 1 amide bonds. The Kier molecular flexibility index (Phi) is 3.68. The summed E-state index contributed by atoms with van der Waals surface area (Å²) < 4.78 is 10.6. The van der Waals surface area contributed by atoms with Gasteiger partial charge in [0.2, 0.25) is 0 Å². The maximum Gasteiger partial charge on any atom is 0.533 e. The minimum Gasteiger partial charge on any atom is -0.473 e. The Hall–Kier alpha value is -3.22. The second-order valence-corrected chi connectivity index (χ2v) is 5.58. The number of anilines is 1. The Morgan fingerprint density at radius 1 is 1.20 bits per heavy atom. The van der Waals surface area contributed by atoms with Crippen LogP contribution in [0.1, 0.15) is 29.0 Å². The Morgan fingerprint density at radius 3 is 2.80 bits per heavy atom. The van der Waals surface area contributed by atoms with Crippen molar-refractivity contribution >= 4 is 17.7 Å². The van der Waals surface area contributed by atoms with E-state index in [2.05, 4.69) is 0 Å². The normalized spacial score (nSPS) is 17.8. The van der Waals surface area contributed by atoms with E-state index in [1.165, 1.54) is 0 Å². The van der Waals surface area contributed by atoms with E-state index < -0.39 is 18.2 Å². The van der Waals surface area contributed by atoms with Crippen LogP contribution >= 0.6 is 0 Å². The van der Waals surface area contributed by atoms with Crippen molar-refractivity contribution in [2.24, 2.45) is 0 Å². The number of ether oxygens (including phenoxy) is 2. The smallest absolute Gasteiger partial charge is 0.473 e. The summed E-state index contributed by atoms with van der Waals surface area (Å²) in [5.74, 6) is 0.245. The lowest BCUT2D eigenvalue weighted by Crippen LogP contribution is -2.53. The minimum atomic E-state index is -0.917. The molecule has 0 N–H and O–H groups in total. The van der Waals surface area contributed by atoms with Crippen molar-refractivity contribution < 1.29 is 23.9 Å². The van der Waals surface area contributed by atoms with E-state index in [1.807, 2.05) is 41.3 Å². The number of hydrogen-bond donors (Lipinski definition) is 0. The first-order valence-corrected chi connectivity index (χ1v) is 7.96. The molecule has 2 heterocycles. The molecular formula is C18H16N2O5. The van der Waals surface area contributed by atoms with E-state index in [1.54, 1.807) is 19.1 Å². The van der Waals surface area contributed by atoms with Crippen molar-refractivity contribution in [2.75, 3.05) is 18.2 Å². The van der Waals surface area contributed by atoms with Crippen LogP contribution in [0.25, 0.3) is 0 Å². The summed E-state index contributed by atoms with van der Waals surface area (Å²) in [6, 6.07) is 14.5. The number of nitrogens with zero attached hydrogens (tertiary/aromatic N) is 2. The van der Waals surface area contributed by atoms with Gasteiger partial charge < -0.3 is 19.2 Å². The van der Waals surface area contributed by atoms with E-state index in [0.717, 1.165) is 16.3 Å². The molecule has 2 aliphatic rings. The number of fused-ring (bicyclic) bond motifs is 5. The molecule has 2 aliphatic heterocycles. The number of para-hydroxylation sites is 2.